The summed E-state index contributed by atoms with van der Waals surface area (Å²) in [6.07, 6.45) is 1.85. The average Bonchev–Trinajstić information content (AvgIpc) is 2.37. The van der Waals surface area contributed by atoms with Crippen LogP contribution < -0.4 is 10.0 Å². The summed E-state index contributed by atoms with van der Waals surface area (Å²) in [5, 5.41) is 12.2. The first-order chi connectivity index (χ1) is 10.2. The summed E-state index contributed by atoms with van der Waals surface area (Å²) in [6, 6.07) is 3.91. The van der Waals surface area contributed by atoms with Gasteiger partial charge in [-0.1, -0.05) is 13.3 Å². The highest BCUT2D eigenvalue weighted by Crippen LogP contribution is 2.24. The molecule has 1 aromatic rings. The third-order valence-corrected chi connectivity index (χ3v) is 4.73. The molecule has 0 radical (unpaired) electrons. The number of aromatic carboxylic acids is 1. The number of hydrogen-bond donors (Lipinski definition) is 3. The van der Waals surface area contributed by atoms with Crippen molar-refractivity contribution in [2.45, 2.75) is 57.5 Å². The highest BCUT2D eigenvalue weighted by atomic mass is 32.2. The number of anilines is 1. The van der Waals surface area contributed by atoms with Crippen molar-refractivity contribution >= 4 is 21.7 Å². The van der Waals surface area contributed by atoms with Gasteiger partial charge in [0.25, 0.3) is 0 Å². The van der Waals surface area contributed by atoms with Gasteiger partial charge in [-0.15, -0.1) is 0 Å². The summed E-state index contributed by atoms with van der Waals surface area (Å²) >= 11 is 0. The summed E-state index contributed by atoms with van der Waals surface area (Å²) in [5.74, 6) is -1.16. The zero-order valence-corrected chi connectivity index (χ0v) is 14.2. The van der Waals surface area contributed by atoms with Gasteiger partial charge in [-0.2, -0.15) is 0 Å². The third-order valence-electron chi connectivity index (χ3n) is 3.03. The summed E-state index contributed by atoms with van der Waals surface area (Å²) in [4.78, 5) is 11.1. The van der Waals surface area contributed by atoms with Crippen molar-refractivity contribution in [3.05, 3.63) is 23.8 Å². The smallest absolute Gasteiger partial charge is 0.335 e. The molecule has 0 aliphatic heterocycles. The predicted octanol–water partition coefficient (Wildman–Crippen LogP) is 2.67. The number of hydrogen-bond acceptors (Lipinski definition) is 4. The lowest BCUT2D eigenvalue weighted by Crippen LogP contribution is -2.31. The third kappa shape index (κ3) is 4.99. The molecule has 0 aliphatic rings. The Morgan fingerprint density at radius 2 is 1.91 bits per heavy atom. The number of nitrogens with one attached hydrogen (secondary N) is 2. The van der Waals surface area contributed by atoms with Gasteiger partial charge >= 0.3 is 5.97 Å². The Kier molecular flexibility index (Phi) is 6.37. The first-order valence-electron chi connectivity index (χ1n) is 7.33. The van der Waals surface area contributed by atoms with Gasteiger partial charge in [0.05, 0.1) is 11.3 Å². The number of benzene rings is 1. The maximum atomic E-state index is 12.4. The van der Waals surface area contributed by atoms with Crippen molar-refractivity contribution in [2.24, 2.45) is 0 Å². The molecular formula is C15H24N2O4S. The number of carboxylic acids is 1. The minimum Gasteiger partial charge on any atom is -0.478 e. The van der Waals surface area contributed by atoms with E-state index in [2.05, 4.69) is 10.0 Å². The molecule has 1 rings (SSSR count). The van der Waals surface area contributed by atoms with Crippen LogP contribution in [0.2, 0.25) is 0 Å². The molecule has 0 unspecified atom stereocenters. The molecular weight excluding hydrogens is 304 g/mol. The number of sulfonamides is 1. The molecule has 0 fully saturated rings. The summed E-state index contributed by atoms with van der Waals surface area (Å²) < 4.78 is 27.4. The van der Waals surface area contributed by atoms with Crippen molar-refractivity contribution in [2.75, 3.05) is 5.32 Å². The Labute approximate surface area is 132 Å². The summed E-state index contributed by atoms with van der Waals surface area (Å²) in [6.45, 7) is 7.43. The van der Waals surface area contributed by atoms with Crippen molar-refractivity contribution in [1.82, 2.24) is 4.72 Å². The van der Waals surface area contributed by atoms with Crippen LogP contribution in [0.25, 0.3) is 0 Å². The number of carboxylic acid groups (broad SMARTS) is 1. The lowest BCUT2D eigenvalue weighted by molar-refractivity contribution is 0.0696. The normalized spacial score (nSPS) is 13.1. The predicted molar refractivity (Wildman–Crippen MR) is 86.9 cm³/mol. The molecule has 3 N–H and O–H groups in total. The minimum atomic E-state index is -3.78. The van der Waals surface area contributed by atoms with Crippen LogP contribution in [0.5, 0.6) is 0 Å². The molecule has 0 spiro atoms. The monoisotopic (exact) mass is 328 g/mol. The first-order valence-corrected chi connectivity index (χ1v) is 8.82. The SMILES string of the molecule is CCC[C@@H](C)Nc1ccc(C(=O)O)cc1S(=O)(=O)NC(C)C. The number of rotatable bonds is 8. The molecule has 0 saturated carbocycles. The lowest BCUT2D eigenvalue weighted by Gasteiger charge is -2.19. The Morgan fingerprint density at radius 3 is 2.41 bits per heavy atom. The zero-order valence-electron chi connectivity index (χ0n) is 13.4. The lowest BCUT2D eigenvalue weighted by atomic mass is 10.1. The minimum absolute atomic E-state index is 0.0379. The van der Waals surface area contributed by atoms with Crippen LogP contribution in [0.1, 0.15) is 50.9 Å². The van der Waals surface area contributed by atoms with E-state index >= 15 is 0 Å². The van der Waals surface area contributed by atoms with Gasteiger partial charge in [0, 0.05) is 12.1 Å². The molecule has 22 heavy (non-hydrogen) atoms. The molecule has 0 saturated heterocycles. The van der Waals surface area contributed by atoms with E-state index in [0.717, 1.165) is 12.8 Å². The van der Waals surface area contributed by atoms with E-state index in [4.69, 9.17) is 5.11 Å². The van der Waals surface area contributed by atoms with E-state index in [1.165, 1.54) is 18.2 Å². The molecule has 0 aromatic heterocycles. The highest BCUT2D eigenvalue weighted by Gasteiger charge is 2.22. The van der Waals surface area contributed by atoms with Crippen molar-refractivity contribution in [1.29, 1.82) is 0 Å². The fourth-order valence-electron chi connectivity index (χ4n) is 2.14. The van der Waals surface area contributed by atoms with Crippen LogP contribution in [0.15, 0.2) is 23.1 Å². The van der Waals surface area contributed by atoms with Gasteiger partial charge in [0.1, 0.15) is 4.90 Å². The van der Waals surface area contributed by atoms with Gasteiger partial charge in [-0.25, -0.2) is 17.9 Å². The van der Waals surface area contributed by atoms with Crippen LogP contribution in [-0.4, -0.2) is 31.6 Å². The molecule has 0 bridgehead atoms. The maximum absolute atomic E-state index is 12.4. The maximum Gasteiger partial charge on any atom is 0.335 e. The summed E-state index contributed by atoms with van der Waals surface area (Å²) in [5.41, 5.74) is 0.358. The van der Waals surface area contributed by atoms with Crippen molar-refractivity contribution in [3.8, 4) is 0 Å². The molecule has 124 valence electrons. The van der Waals surface area contributed by atoms with E-state index in [9.17, 15) is 13.2 Å². The van der Waals surface area contributed by atoms with Crippen LogP contribution in [0, 0.1) is 0 Å². The molecule has 0 amide bonds. The fourth-order valence-corrected chi connectivity index (χ4v) is 3.59. The van der Waals surface area contributed by atoms with Crippen LogP contribution >= 0.6 is 0 Å². The van der Waals surface area contributed by atoms with Crippen molar-refractivity contribution in [3.63, 3.8) is 0 Å². The quantitative estimate of drug-likeness (QED) is 0.682. The second-order valence-electron chi connectivity index (χ2n) is 5.63. The van der Waals surface area contributed by atoms with Crippen LogP contribution in [-0.2, 0) is 10.0 Å². The molecule has 0 aliphatic carbocycles. The highest BCUT2D eigenvalue weighted by molar-refractivity contribution is 7.89. The standard InChI is InChI=1S/C15H24N2O4S/c1-5-6-11(4)16-13-8-7-12(15(18)19)9-14(13)22(20,21)17-10(2)3/h7-11,16-17H,5-6H2,1-4H3,(H,18,19)/t11-/m1/s1. The van der Waals surface area contributed by atoms with Crippen LogP contribution in [0.4, 0.5) is 5.69 Å². The Balaban J connectivity index is 3.29. The zero-order chi connectivity index (χ0) is 16.9. The summed E-state index contributed by atoms with van der Waals surface area (Å²) in [7, 11) is -3.78. The van der Waals surface area contributed by atoms with E-state index in [1.54, 1.807) is 13.8 Å². The van der Waals surface area contributed by atoms with Gasteiger partial charge in [-0.05, 0) is 45.4 Å². The van der Waals surface area contributed by atoms with E-state index in [0.29, 0.717) is 5.69 Å². The van der Waals surface area contributed by atoms with Crippen LogP contribution in [0.3, 0.4) is 0 Å². The van der Waals surface area contributed by atoms with E-state index in [-0.39, 0.29) is 22.5 Å². The Hall–Kier alpha value is -1.60. The molecule has 1 aromatic carbocycles. The van der Waals surface area contributed by atoms with Gasteiger partial charge in [0.15, 0.2) is 0 Å². The van der Waals surface area contributed by atoms with Gasteiger partial charge in [0.2, 0.25) is 10.0 Å². The van der Waals surface area contributed by atoms with E-state index in [1.807, 2.05) is 13.8 Å². The molecule has 1 atom stereocenters. The molecule has 6 nitrogen and oxygen atoms in total. The van der Waals surface area contributed by atoms with Gasteiger partial charge < -0.3 is 10.4 Å². The number of carbonyl (C=O) groups is 1. The molecule has 0 heterocycles. The average molecular weight is 328 g/mol. The second kappa shape index (κ2) is 7.60. The van der Waals surface area contributed by atoms with Crippen molar-refractivity contribution < 1.29 is 18.3 Å². The largest absolute Gasteiger partial charge is 0.478 e. The topological polar surface area (TPSA) is 95.5 Å². The second-order valence-corrected chi connectivity index (χ2v) is 7.31. The van der Waals surface area contributed by atoms with Gasteiger partial charge in [-0.3, -0.25) is 0 Å². The molecule has 7 heteroatoms. The Morgan fingerprint density at radius 1 is 1.27 bits per heavy atom. The fraction of sp³-hybridized carbons (Fsp3) is 0.533. The Bertz CT molecular complexity index is 626. The first kappa shape index (κ1) is 18.4. The van der Waals surface area contributed by atoms with E-state index < -0.39 is 16.0 Å².